The maximum Gasteiger partial charge on any atom is 0.228 e. The van der Waals surface area contributed by atoms with Crippen LogP contribution in [0.25, 0.3) is 0 Å². The largest absolute Gasteiger partial charge is 0.388 e. The van der Waals surface area contributed by atoms with Crippen LogP contribution in [0.3, 0.4) is 0 Å². The first-order valence-electron chi connectivity index (χ1n) is 5.44. The van der Waals surface area contributed by atoms with Crippen LogP contribution in [0.1, 0.15) is 11.4 Å². The number of benzene rings is 1. The molecule has 0 radical (unpaired) electrons. The summed E-state index contributed by atoms with van der Waals surface area (Å²) in [6.45, 7) is 1.71. The van der Waals surface area contributed by atoms with E-state index in [0.29, 0.717) is 17.5 Å². The van der Waals surface area contributed by atoms with Crippen molar-refractivity contribution in [3.05, 3.63) is 46.2 Å². The lowest BCUT2D eigenvalue weighted by Crippen LogP contribution is -2.14. The number of aromatic nitrogens is 2. The Bertz CT molecular complexity index is 670. The van der Waals surface area contributed by atoms with Gasteiger partial charge in [-0.2, -0.15) is 0 Å². The summed E-state index contributed by atoms with van der Waals surface area (Å²) in [6, 6.07) is 3.28. The number of aryl methyl sites for hydroxylation is 1. The average Bonchev–Trinajstić information content (AvgIpc) is 2.33. The molecule has 0 fully saturated rings. The van der Waals surface area contributed by atoms with Crippen LogP contribution in [0, 0.1) is 18.6 Å². The van der Waals surface area contributed by atoms with Gasteiger partial charge in [0.1, 0.15) is 16.5 Å². The van der Waals surface area contributed by atoms with Crippen LogP contribution in [0.15, 0.2) is 18.2 Å². The van der Waals surface area contributed by atoms with Crippen LogP contribution >= 0.6 is 23.8 Å². The Kier molecular flexibility index (Phi) is 4.10. The van der Waals surface area contributed by atoms with Gasteiger partial charge in [0.25, 0.3) is 0 Å². The molecule has 0 spiro atoms. The number of rotatable bonds is 3. The van der Waals surface area contributed by atoms with Gasteiger partial charge >= 0.3 is 0 Å². The molecule has 104 valence electrons. The first-order chi connectivity index (χ1) is 9.36. The molecule has 2 aromatic rings. The predicted molar refractivity (Wildman–Crippen MR) is 77.3 cm³/mol. The highest BCUT2D eigenvalue weighted by molar-refractivity contribution is 7.80. The molecule has 1 aromatic carbocycles. The second-order valence-electron chi connectivity index (χ2n) is 3.95. The monoisotopic (exact) mass is 314 g/mol. The minimum absolute atomic E-state index is 0.0696. The minimum atomic E-state index is -0.850. The number of halogens is 3. The molecule has 20 heavy (non-hydrogen) atoms. The summed E-state index contributed by atoms with van der Waals surface area (Å²) in [6.07, 6.45) is 0. The maximum absolute atomic E-state index is 13.7. The molecule has 1 heterocycles. The fourth-order valence-corrected chi connectivity index (χ4v) is 1.87. The van der Waals surface area contributed by atoms with Crippen molar-refractivity contribution in [3.8, 4) is 0 Å². The number of nitrogens with zero attached hydrogens (tertiary/aromatic N) is 2. The lowest BCUT2D eigenvalue weighted by Gasteiger charge is -2.10. The maximum atomic E-state index is 13.7. The van der Waals surface area contributed by atoms with E-state index in [-0.39, 0.29) is 21.6 Å². The van der Waals surface area contributed by atoms with Crippen molar-refractivity contribution in [1.82, 2.24) is 9.97 Å². The van der Waals surface area contributed by atoms with E-state index in [4.69, 9.17) is 29.6 Å². The van der Waals surface area contributed by atoms with Gasteiger partial charge in [0.05, 0.1) is 10.7 Å². The smallest absolute Gasteiger partial charge is 0.228 e. The van der Waals surface area contributed by atoms with Gasteiger partial charge < -0.3 is 11.1 Å². The van der Waals surface area contributed by atoms with E-state index >= 15 is 0 Å². The van der Waals surface area contributed by atoms with Crippen molar-refractivity contribution in [2.24, 2.45) is 5.73 Å². The highest BCUT2D eigenvalue weighted by Gasteiger charge is 2.12. The summed E-state index contributed by atoms with van der Waals surface area (Å²) in [5, 5.41) is 2.47. The molecular weight excluding hydrogens is 306 g/mol. The van der Waals surface area contributed by atoms with Gasteiger partial charge in [-0.15, -0.1) is 0 Å². The van der Waals surface area contributed by atoms with E-state index in [1.807, 2.05) is 0 Å². The van der Waals surface area contributed by atoms with Crippen LogP contribution in [0.5, 0.6) is 0 Å². The molecule has 0 saturated carbocycles. The SMILES string of the molecule is Cc1cc(C(N)=S)nc(Nc2c(F)cc(F)cc2Cl)n1. The summed E-state index contributed by atoms with van der Waals surface area (Å²) in [5.41, 5.74) is 6.30. The van der Waals surface area contributed by atoms with Crippen molar-refractivity contribution in [2.45, 2.75) is 6.92 Å². The average molecular weight is 315 g/mol. The zero-order valence-electron chi connectivity index (χ0n) is 10.2. The molecule has 0 amide bonds. The summed E-state index contributed by atoms with van der Waals surface area (Å²) in [4.78, 5) is 8.17. The standard InChI is InChI=1S/C12H9ClF2N4S/c1-5-2-9(11(16)20)18-12(17-5)19-10-7(13)3-6(14)4-8(10)15/h2-4H,1H3,(H2,16,20)(H,17,18,19). The van der Waals surface area contributed by atoms with E-state index in [1.54, 1.807) is 13.0 Å². The van der Waals surface area contributed by atoms with Crippen LogP contribution in [-0.2, 0) is 0 Å². The fraction of sp³-hybridized carbons (Fsp3) is 0.0833. The lowest BCUT2D eigenvalue weighted by molar-refractivity contribution is 0.586. The van der Waals surface area contributed by atoms with Crippen molar-refractivity contribution in [2.75, 3.05) is 5.32 Å². The third-order valence-electron chi connectivity index (χ3n) is 2.35. The second kappa shape index (κ2) is 5.64. The molecule has 0 saturated heterocycles. The summed E-state index contributed by atoms with van der Waals surface area (Å²) in [5.74, 6) is -1.55. The third kappa shape index (κ3) is 3.17. The number of anilines is 2. The van der Waals surface area contributed by atoms with Crippen LogP contribution in [0.4, 0.5) is 20.4 Å². The predicted octanol–water partition coefficient (Wildman–Crippen LogP) is 3.09. The van der Waals surface area contributed by atoms with Gasteiger partial charge in [0.2, 0.25) is 5.95 Å². The number of hydrogen-bond acceptors (Lipinski definition) is 4. The van der Waals surface area contributed by atoms with Crippen LogP contribution < -0.4 is 11.1 Å². The molecule has 0 aliphatic carbocycles. The van der Waals surface area contributed by atoms with E-state index < -0.39 is 11.6 Å². The number of hydrogen-bond donors (Lipinski definition) is 2. The van der Waals surface area contributed by atoms with Crippen molar-refractivity contribution in [1.29, 1.82) is 0 Å². The summed E-state index contributed by atoms with van der Waals surface area (Å²) >= 11 is 10.6. The molecule has 0 aliphatic heterocycles. The normalized spacial score (nSPS) is 10.4. The number of thiocarbonyl (C=S) groups is 1. The molecule has 0 atom stereocenters. The molecule has 1 aromatic heterocycles. The van der Waals surface area contributed by atoms with Crippen molar-refractivity contribution < 1.29 is 8.78 Å². The Morgan fingerprint density at radius 1 is 1.30 bits per heavy atom. The number of nitrogens with two attached hydrogens (primary N) is 1. The Hall–Kier alpha value is -1.86. The quantitative estimate of drug-likeness (QED) is 0.852. The van der Waals surface area contributed by atoms with Crippen molar-refractivity contribution in [3.63, 3.8) is 0 Å². The van der Waals surface area contributed by atoms with Crippen LogP contribution in [-0.4, -0.2) is 15.0 Å². The fourth-order valence-electron chi connectivity index (χ4n) is 1.52. The Morgan fingerprint density at radius 3 is 2.60 bits per heavy atom. The Balaban J connectivity index is 2.42. The van der Waals surface area contributed by atoms with Gasteiger partial charge in [0.15, 0.2) is 5.82 Å². The van der Waals surface area contributed by atoms with E-state index in [9.17, 15) is 8.78 Å². The zero-order valence-corrected chi connectivity index (χ0v) is 11.8. The Labute approximate surface area is 124 Å². The molecular formula is C12H9ClF2N4S. The van der Waals surface area contributed by atoms with E-state index in [1.165, 1.54) is 0 Å². The Morgan fingerprint density at radius 2 is 2.00 bits per heavy atom. The molecule has 3 N–H and O–H groups in total. The van der Waals surface area contributed by atoms with E-state index in [2.05, 4.69) is 15.3 Å². The molecule has 0 bridgehead atoms. The second-order valence-corrected chi connectivity index (χ2v) is 4.80. The van der Waals surface area contributed by atoms with Crippen LogP contribution in [0.2, 0.25) is 5.02 Å². The summed E-state index contributed by atoms with van der Waals surface area (Å²) < 4.78 is 26.6. The number of nitrogens with one attached hydrogen (secondary N) is 1. The summed E-state index contributed by atoms with van der Waals surface area (Å²) in [7, 11) is 0. The molecule has 2 rings (SSSR count). The van der Waals surface area contributed by atoms with Gasteiger partial charge in [-0.3, -0.25) is 0 Å². The minimum Gasteiger partial charge on any atom is -0.388 e. The molecule has 0 unspecified atom stereocenters. The van der Waals surface area contributed by atoms with Crippen molar-refractivity contribution >= 4 is 40.4 Å². The van der Waals surface area contributed by atoms with Gasteiger partial charge in [-0.05, 0) is 19.1 Å². The highest BCUT2D eigenvalue weighted by atomic mass is 35.5. The highest BCUT2D eigenvalue weighted by Crippen LogP contribution is 2.28. The van der Waals surface area contributed by atoms with Gasteiger partial charge in [-0.1, -0.05) is 23.8 Å². The molecule has 0 aliphatic rings. The first kappa shape index (κ1) is 14.5. The van der Waals surface area contributed by atoms with Gasteiger partial charge in [0, 0.05) is 11.8 Å². The van der Waals surface area contributed by atoms with Gasteiger partial charge in [-0.25, -0.2) is 18.7 Å². The lowest BCUT2D eigenvalue weighted by atomic mass is 10.3. The topological polar surface area (TPSA) is 63.8 Å². The molecule has 4 nitrogen and oxygen atoms in total. The molecule has 8 heteroatoms. The zero-order chi connectivity index (χ0) is 14.9. The first-order valence-corrected chi connectivity index (χ1v) is 6.22. The van der Waals surface area contributed by atoms with E-state index in [0.717, 1.165) is 6.07 Å². The third-order valence-corrected chi connectivity index (χ3v) is 2.86.